The summed E-state index contributed by atoms with van der Waals surface area (Å²) in [5, 5.41) is 11.6. The van der Waals surface area contributed by atoms with Crippen LogP contribution in [0.3, 0.4) is 0 Å². The largest absolute Gasteiger partial charge is 0.490 e. The maximum Gasteiger partial charge on any atom is 0.171 e. The molecule has 0 atom stereocenters. The Hall–Kier alpha value is -1.27. The topological polar surface area (TPSA) is 77.1 Å². The Morgan fingerprint density at radius 1 is 1.44 bits per heavy atom. The summed E-state index contributed by atoms with van der Waals surface area (Å²) in [4.78, 5) is 0. The van der Waals surface area contributed by atoms with Crippen molar-refractivity contribution in [3.63, 3.8) is 0 Å². The highest BCUT2D eigenvalue weighted by molar-refractivity contribution is 9.10. The van der Waals surface area contributed by atoms with Gasteiger partial charge in [-0.25, -0.2) is 0 Å². The first-order chi connectivity index (χ1) is 8.70. The van der Waals surface area contributed by atoms with Crippen LogP contribution >= 0.6 is 15.9 Å². The summed E-state index contributed by atoms with van der Waals surface area (Å²) >= 11 is 3.38. The summed E-state index contributed by atoms with van der Waals surface area (Å²) in [7, 11) is 0. The van der Waals surface area contributed by atoms with E-state index in [-0.39, 0.29) is 11.9 Å². The van der Waals surface area contributed by atoms with E-state index in [9.17, 15) is 0 Å². The van der Waals surface area contributed by atoms with Crippen LogP contribution in [0.25, 0.3) is 0 Å². The second-order valence-electron chi connectivity index (χ2n) is 4.06. The Bertz CT molecular complexity index is 445. The van der Waals surface area contributed by atoms with E-state index in [0.29, 0.717) is 5.56 Å². The van der Waals surface area contributed by atoms with Gasteiger partial charge in [0.05, 0.1) is 13.2 Å². The van der Waals surface area contributed by atoms with Gasteiger partial charge in [-0.1, -0.05) is 5.16 Å². The van der Waals surface area contributed by atoms with Crippen molar-refractivity contribution in [3.05, 3.63) is 28.2 Å². The third-order valence-corrected chi connectivity index (χ3v) is 3.45. The molecule has 0 radical (unpaired) electrons. The van der Waals surface area contributed by atoms with Crippen molar-refractivity contribution in [2.45, 2.75) is 18.9 Å². The molecule has 0 amide bonds. The van der Waals surface area contributed by atoms with Crippen LogP contribution in [-0.4, -0.2) is 30.4 Å². The smallest absolute Gasteiger partial charge is 0.171 e. The molecule has 0 aromatic heterocycles. The van der Waals surface area contributed by atoms with Crippen LogP contribution in [0, 0.1) is 0 Å². The molecule has 5 nitrogen and oxygen atoms in total. The molecule has 1 fully saturated rings. The fraction of sp³-hybridized carbons (Fsp3) is 0.417. The van der Waals surface area contributed by atoms with E-state index < -0.39 is 0 Å². The minimum atomic E-state index is 0.0690. The number of ether oxygens (including phenoxy) is 2. The van der Waals surface area contributed by atoms with Gasteiger partial charge in [-0.2, -0.15) is 0 Å². The Kier molecular flexibility index (Phi) is 4.43. The predicted molar refractivity (Wildman–Crippen MR) is 71.1 cm³/mol. The molecule has 6 heteroatoms. The molecule has 1 aromatic rings. The maximum absolute atomic E-state index is 8.64. The maximum atomic E-state index is 8.64. The van der Waals surface area contributed by atoms with Crippen LogP contribution < -0.4 is 10.5 Å². The first-order valence-corrected chi connectivity index (χ1v) is 6.52. The second kappa shape index (κ2) is 6.06. The van der Waals surface area contributed by atoms with E-state index in [1.54, 1.807) is 6.07 Å². The van der Waals surface area contributed by atoms with Crippen molar-refractivity contribution in [3.8, 4) is 5.75 Å². The number of rotatable bonds is 3. The van der Waals surface area contributed by atoms with Crippen molar-refractivity contribution in [1.29, 1.82) is 0 Å². The molecule has 1 saturated heterocycles. The fourth-order valence-electron chi connectivity index (χ4n) is 1.82. The van der Waals surface area contributed by atoms with Crippen LogP contribution in [0.1, 0.15) is 18.4 Å². The Balaban J connectivity index is 2.08. The molecular formula is C12H15BrN2O3. The predicted octanol–water partition coefficient (Wildman–Crippen LogP) is 2.10. The molecule has 2 rings (SSSR count). The minimum Gasteiger partial charge on any atom is -0.490 e. The number of hydrogen-bond acceptors (Lipinski definition) is 4. The summed E-state index contributed by atoms with van der Waals surface area (Å²) in [6, 6.07) is 5.39. The van der Waals surface area contributed by atoms with Gasteiger partial charge in [-0.3, -0.25) is 0 Å². The molecule has 3 N–H and O–H groups in total. The zero-order valence-electron chi connectivity index (χ0n) is 9.80. The number of hydrogen-bond donors (Lipinski definition) is 2. The van der Waals surface area contributed by atoms with Crippen LogP contribution in [0.4, 0.5) is 0 Å². The lowest BCUT2D eigenvalue weighted by molar-refractivity contribution is 0.0255. The normalized spacial score (nSPS) is 17.7. The Morgan fingerprint density at radius 2 is 2.17 bits per heavy atom. The summed E-state index contributed by atoms with van der Waals surface area (Å²) in [6.45, 7) is 1.49. The third kappa shape index (κ3) is 3.14. The zero-order chi connectivity index (χ0) is 13.0. The quantitative estimate of drug-likeness (QED) is 0.388. The highest BCUT2D eigenvalue weighted by Crippen LogP contribution is 2.25. The van der Waals surface area contributed by atoms with Crippen LogP contribution in [0.2, 0.25) is 0 Å². The number of nitrogens with two attached hydrogens (primary N) is 1. The van der Waals surface area contributed by atoms with Gasteiger partial charge >= 0.3 is 0 Å². The molecule has 0 saturated carbocycles. The molecule has 0 spiro atoms. The lowest BCUT2D eigenvalue weighted by Crippen LogP contribution is -2.25. The fourth-order valence-corrected chi connectivity index (χ4v) is 2.38. The van der Waals surface area contributed by atoms with Gasteiger partial charge in [0.25, 0.3) is 0 Å². The first kappa shape index (κ1) is 13.2. The number of oxime groups is 1. The van der Waals surface area contributed by atoms with E-state index in [0.717, 1.165) is 36.3 Å². The van der Waals surface area contributed by atoms with Crippen LogP contribution in [-0.2, 0) is 4.74 Å². The highest BCUT2D eigenvalue weighted by atomic mass is 79.9. The lowest BCUT2D eigenvalue weighted by atomic mass is 10.1. The Labute approximate surface area is 114 Å². The minimum absolute atomic E-state index is 0.0690. The summed E-state index contributed by atoms with van der Waals surface area (Å²) in [5.74, 6) is 0.836. The zero-order valence-corrected chi connectivity index (χ0v) is 11.4. The van der Waals surface area contributed by atoms with Gasteiger partial charge in [0, 0.05) is 22.9 Å². The van der Waals surface area contributed by atoms with Gasteiger partial charge in [0.2, 0.25) is 0 Å². The second-order valence-corrected chi connectivity index (χ2v) is 4.91. The van der Waals surface area contributed by atoms with E-state index in [4.69, 9.17) is 20.4 Å². The molecule has 1 aromatic carbocycles. The molecule has 1 heterocycles. The van der Waals surface area contributed by atoms with Crippen molar-refractivity contribution in [2.75, 3.05) is 13.2 Å². The molecule has 0 aliphatic carbocycles. The van der Waals surface area contributed by atoms with Gasteiger partial charge in [0.15, 0.2) is 5.84 Å². The molecule has 18 heavy (non-hydrogen) atoms. The van der Waals surface area contributed by atoms with E-state index in [1.165, 1.54) is 0 Å². The molecule has 1 aliphatic rings. The summed E-state index contributed by atoms with van der Waals surface area (Å²) in [5.41, 5.74) is 6.18. The SMILES string of the molecule is N/C(=N/O)c1ccc(OC2CCOCC2)cc1Br. The van der Waals surface area contributed by atoms with E-state index in [1.807, 2.05) is 12.1 Å². The van der Waals surface area contributed by atoms with Crippen molar-refractivity contribution >= 4 is 21.8 Å². The Morgan fingerprint density at radius 3 is 2.78 bits per heavy atom. The number of benzene rings is 1. The molecular weight excluding hydrogens is 300 g/mol. The molecule has 1 aliphatic heterocycles. The molecule has 98 valence electrons. The standard InChI is InChI=1S/C12H15BrN2O3/c13-11-7-9(1-2-10(11)12(14)15-16)18-8-3-5-17-6-4-8/h1-2,7-8,16H,3-6H2,(H2,14,15). The first-order valence-electron chi connectivity index (χ1n) is 5.72. The van der Waals surface area contributed by atoms with Gasteiger partial charge < -0.3 is 20.4 Å². The van der Waals surface area contributed by atoms with E-state index >= 15 is 0 Å². The van der Waals surface area contributed by atoms with Crippen LogP contribution in [0.5, 0.6) is 5.75 Å². The lowest BCUT2D eigenvalue weighted by Gasteiger charge is -2.23. The van der Waals surface area contributed by atoms with Crippen molar-refractivity contribution < 1.29 is 14.7 Å². The average molecular weight is 315 g/mol. The van der Waals surface area contributed by atoms with Gasteiger partial charge in [-0.05, 0) is 34.1 Å². The van der Waals surface area contributed by atoms with E-state index in [2.05, 4.69) is 21.1 Å². The number of amidine groups is 1. The monoisotopic (exact) mass is 314 g/mol. The van der Waals surface area contributed by atoms with Crippen molar-refractivity contribution in [1.82, 2.24) is 0 Å². The summed E-state index contributed by atoms with van der Waals surface area (Å²) in [6.07, 6.45) is 2.00. The third-order valence-electron chi connectivity index (χ3n) is 2.80. The average Bonchev–Trinajstić information content (AvgIpc) is 2.39. The van der Waals surface area contributed by atoms with Gasteiger partial charge in [0.1, 0.15) is 11.9 Å². The van der Waals surface area contributed by atoms with Crippen LogP contribution in [0.15, 0.2) is 27.8 Å². The van der Waals surface area contributed by atoms with Gasteiger partial charge in [-0.15, -0.1) is 0 Å². The highest BCUT2D eigenvalue weighted by Gasteiger charge is 2.16. The number of nitrogens with zero attached hydrogens (tertiary/aromatic N) is 1. The molecule has 0 unspecified atom stereocenters. The molecule has 0 bridgehead atoms. The summed E-state index contributed by atoms with van der Waals surface area (Å²) < 4.78 is 11.9. The number of halogens is 1. The van der Waals surface area contributed by atoms with Crippen molar-refractivity contribution in [2.24, 2.45) is 10.9 Å².